The molecule has 0 radical (unpaired) electrons. The third-order valence-electron chi connectivity index (χ3n) is 2.60. The quantitative estimate of drug-likeness (QED) is 0.736. The maximum Gasteiger partial charge on any atom is 0.234 e. The highest BCUT2D eigenvalue weighted by Gasteiger charge is 2.13. The normalized spacial score (nSPS) is 12.3. The summed E-state index contributed by atoms with van der Waals surface area (Å²) in [7, 11) is 0. The van der Waals surface area contributed by atoms with Crippen LogP contribution in [0.4, 0.5) is 0 Å². The van der Waals surface area contributed by atoms with Crippen LogP contribution in [0.15, 0.2) is 30.3 Å². The van der Waals surface area contributed by atoms with Crippen LogP contribution in [0.5, 0.6) is 0 Å². The van der Waals surface area contributed by atoms with Gasteiger partial charge in [0.1, 0.15) is 0 Å². The third-order valence-corrected chi connectivity index (χ3v) is 3.25. The van der Waals surface area contributed by atoms with Gasteiger partial charge in [-0.15, -0.1) is 0 Å². The first-order valence-electron chi connectivity index (χ1n) is 5.79. The largest absolute Gasteiger partial charge is 0.368 e. The number of benzene rings is 1. The number of amides is 1. The standard InChI is InChI=1S/C13H20N2OS/c1-17-10-8-12(13(14)16)15-9-7-11-5-3-2-4-6-11/h2-6,12,15H,7-10H2,1H3,(H2,14,16)/t12-/m0/s1. The summed E-state index contributed by atoms with van der Waals surface area (Å²) in [5.74, 6) is 0.693. The monoisotopic (exact) mass is 252 g/mol. The van der Waals surface area contributed by atoms with Gasteiger partial charge < -0.3 is 11.1 Å². The van der Waals surface area contributed by atoms with Crippen molar-refractivity contribution < 1.29 is 4.79 Å². The number of nitrogens with one attached hydrogen (secondary N) is 1. The molecule has 0 bridgehead atoms. The number of carbonyl (C=O) groups is 1. The van der Waals surface area contributed by atoms with Crippen molar-refractivity contribution in [1.82, 2.24) is 5.32 Å². The number of carbonyl (C=O) groups excluding carboxylic acids is 1. The molecule has 0 aliphatic rings. The predicted octanol–water partition coefficient (Wildman–Crippen LogP) is 1.43. The Morgan fingerprint density at radius 3 is 2.71 bits per heavy atom. The molecule has 0 aromatic heterocycles. The van der Waals surface area contributed by atoms with Crippen LogP contribution in [-0.2, 0) is 11.2 Å². The summed E-state index contributed by atoms with van der Waals surface area (Å²) in [5.41, 5.74) is 6.62. The molecule has 1 atom stereocenters. The molecule has 3 nitrogen and oxygen atoms in total. The molecule has 0 unspecified atom stereocenters. The van der Waals surface area contributed by atoms with E-state index >= 15 is 0 Å². The Balaban J connectivity index is 2.29. The number of primary amides is 1. The summed E-state index contributed by atoms with van der Waals surface area (Å²) < 4.78 is 0. The van der Waals surface area contributed by atoms with Crippen LogP contribution in [-0.4, -0.2) is 30.5 Å². The topological polar surface area (TPSA) is 55.1 Å². The van der Waals surface area contributed by atoms with E-state index in [4.69, 9.17) is 5.73 Å². The average Bonchev–Trinajstić information content (AvgIpc) is 2.34. The van der Waals surface area contributed by atoms with E-state index in [2.05, 4.69) is 17.4 Å². The number of hydrogen-bond donors (Lipinski definition) is 2. The minimum atomic E-state index is -0.257. The summed E-state index contributed by atoms with van der Waals surface area (Å²) in [6, 6.07) is 10.0. The fourth-order valence-corrected chi connectivity index (χ4v) is 2.09. The molecule has 0 saturated heterocycles. The van der Waals surface area contributed by atoms with Gasteiger partial charge in [0.15, 0.2) is 0 Å². The lowest BCUT2D eigenvalue weighted by molar-refractivity contribution is -0.120. The van der Waals surface area contributed by atoms with Crippen molar-refractivity contribution in [3.8, 4) is 0 Å². The molecule has 1 rings (SSSR count). The van der Waals surface area contributed by atoms with Crippen LogP contribution in [0.2, 0.25) is 0 Å². The van der Waals surface area contributed by atoms with E-state index in [1.165, 1.54) is 5.56 Å². The van der Waals surface area contributed by atoms with Crippen LogP contribution in [0, 0.1) is 0 Å². The summed E-state index contributed by atoms with van der Waals surface area (Å²) >= 11 is 1.73. The molecule has 0 spiro atoms. The lowest BCUT2D eigenvalue weighted by Crippen LogP contribution is -2.42. The van der Waals surface area contributed by atoms with Gasteiger partial charge in [-0.05, 0) is 37.0 Å². The number of nitrogens with two attached hydrogens (primary N) is 1. The van der Waals surface area contributed by atoms with E-state index < -0.39 is 0 Å². The number of hydrogen-bond acceptors (Lipinski definition) is 3. The summed E-state index contributed by atoms with van der Waals surface area (Å²) in [6.07, 6.45) is 3.75. The molecule has 1 amide bonds. The molecule has 1 aromatic rings. The lowest BCUT2D eigenvalue weighted by atomic mass is 10.1. The van der Waals surface area contributed by atoms with Gasteiger partial charge in [-0.2, -0.15) is 11.8 Å². The first kappa shape index (κ1) is 14.1. The van der Waals surface area contributed by atoms with Gasteiger partial charge in [0.05, 0.1) is 6.04 Å². The molecule has 17 heavy (non-hydrogen) atoms. The van der Waals surface area contributed by atoms with Crippen molar-refractivity contribution in [3.05, 3.63) is 35.9 Å². The molecule has 0 saturated carbocycles. The van der Waals surface area contributed by atoms with Gasteiger partial charge in [0.2, 0.25) is 5.91 Å². The Kier molecular flexibility index (Phi) is 6.74. The van der Waals surface area contributed by atoms with Crippen LogP contribution in [0.25, 0.3) is 0 Å². The second kappa shape index (κ2) is 8.14. The zero-order chi connectivity index (χ0) is 12.5. The average molecular weight is 252 g/mol. The second-order valence-electron chi connectivity index (χ2n) is 3.93. The predicted molar refractivity (Wildman–Crippen MR) is 74.1 cm³/mol. The summed E-state index contributed by atoms with van der Waals surface area (Å²) in [5, 5.41) is 3.21. The Bertz CT molecular complexity index is 329. The maximum atomic E-state index is 11.2. The van der Waals surface area contributed by atoms with Crippen molar-refractivity contribution in [2.45, 2.75) is 18.9 Å². The first-order valence-corrected chi connectivity index (χ1v) is 7.19. The van der Waals surface area contributed by atoms with Gasteiger partial charge >= 0.3 is 0 Å². The van der Waals surface area contributed by atoms with Crippen LogP contribution < -0.4 is 11.1 Å². The highest BCUT2D eigenvalue weighted by atomic mass is 32.2. The minimum absolute atomic E-state index is 0.203. The molecule has 3 N–H and O–H groups in total. The van der Waals surface area contributed by atoms with Crippen molar-refractivity contribution in [3.63, 3.8) is 0 Å². The molecule has 0 aliphatic heterocycles. The SMILES string of the molecule is CSCC[C@H](NCCc1ccccc1)C(N)=O. The number of thioether (sulfide) groups is 1. The van der Waals surface area contributed by atoms with E-state index in [9.17, 15) is 4.79 Å². The molecule has 4 heteroatoms. The zero-order valence-corrected chi connectivity index (χ0v) is 11.0. The van der Waals surface area contributed by atoms with Gasteiger partial charge in [0.25, 0.3) is 0 Å². The van der Waals surface area contributed by atoms with E-state index in [0.29, 0.717) is 0 Å². The fraction of sp³-hybridized carbons (Fsp3) is 0.462. The smallest absolute Gasteiger partial charge is 0.234 e. The molecule has 0 heterocycles. The van der Waals surface area contributed by atoms with Gasteiger partial charge in [0, 0.05) is 0 Å². The summed E-state index contributed by atoms with van der Waals surface area (Å²) in [6.45, 7) is 0.784. The zero-order valence-electron chi connectivity index (χ0n) is 10.2. The van der Waals surface area contributed by atoms with Crippen molar-refractivity contribution >= 4 is 17.7 Å². The van der Waals surface area contributed by atoms with Crippen LogP contribution in [0.1, 0.15) is 12.0 Å². The molecule has 0 aliphatic carbocycles. The molecule has 0 fully saturated rings. The second-order valence-corrected chi connectivity index (χ2v) is 4.91. The number of rotatable bonds is 8. The van der Waals surface area contributed by atoms with Gasteiger partial charge in [-0.3, -0.25) is 4.79 Å². The Morgan fingerprint density at radius 2 is 2.12 bits per heavy atom. The van der Waals surface area contributed by atoms with E-state index in [1.807, 2.05) is 24.5 Å². The Labute approximate surface area is 107 Å². The molecular weight excluding hydrogens is 232 g/mol. The highest BCUT2D eigenvalue weighted by molar-refractivity contribution is 7.98. The van der Waals surface area contributed by atoms with E-state index in [1.54, 1.807) is 11.8 Å². The van der Waals surface area contributed by atoms with E-state index in [-0.39, 0.29) is 11.9 Å². The van der Waals surface area contributed by atoms with Gasteiger partial charge in [-0.1, -0.05) is 30.3 Å². The lowest BCUT2D eigenvalue weighted by Gasteiger charge is -2.14. The third kappa shape index (κ3) is 5.75. The maximum absolute atomic E-state index is 11.2. The molecular formula is C13H20N2OS. The Morgan fingerprint density at radius 1 is 1.41 bits per heavy atom. The van der Waals surface area contributed by atoms with Crippen LogP contribution >= 0.6 is 11.8 Å². The summed E-state index contributed by atoms with van der Waals surface area (Å²) in [4.78, 5) is 11.2. The van der Waals surface area contributed by atoms with Gasteiger partial charge in [-0.25, -0.2) is 0 Å². The van der Waals surface area contributed by atoms with Crippen molar-refractivity contribution in [2.24, 2.45) is 5.73 Å². The van der Waals surface area contributed by atoms with E-state index in [0.717, 1.165) is 25.1 Å². The minimum Gasteiger partial charge on any atom is -0.368 e. The first-order chi connectivity index (χ1) is 8.24. The fourth-order valence-electron chi connectivity index (χ4n) is 1.62. The molecule has 94 valence electrons. The highest BCUT2D eigenvalue weighted by Crippen LogP contribution is 2.02. The van der Waals surface area contributed by atoms with Crippen LogP contribution in [0.3, 0.4) is 0 Å². The molecule has 1 aromatic carbocycles. The van der Waals surface area contributed by atoms with Crippen molar-refractivity contribution in [2.75, 3.05) is 18.6 Å². The Hall–Kier alpha value is -1.00. The van der Waals surface area contributed by atoms with Crippen molar-refractivity contribution in [1.29, 1.82) is 0 Å².